The molecule has 0 spiro atoms. The Morgan fingerprint density at radius 2 is 2.08 bits per heavy atom. The molecule has 0 radical (unpaired) electrons. The molecule has 1 aliphatic heterocycles. The molecule has 0 amide bonds. The number of nitrogens with zero attached hydrogens (tertiary/aromatic N) is 1. The Kier molecular flexibility index (Phi) is 6.30. The van der Waals surface area contributed by atoms with E-state index in [1.807, 2.05) is 0 Å². The highest BCUT2D eigenvalue weighted by molar-refractivity contribution is 7.46. The van der Waals surface area contributed by atoms with Crippen LogP contribution in [0.25, 0.3) is 0 Å². The molecule has 12 nitrogen and oxygen atoms in total. The monoisotopic (exact) mass is 381 g/mol. The average molecular weight is 381 g/mol. The number of hydroxylamine groups is 1. The number of methoxy groups -OCH3 is 1. The van der Waals surface area contributed by atoms with Crippen LogP contribution < -0.4 is 16.7 Å². The number of phosphoric acid groups is 1. The zero-order chi connectivity index (χ0) is 18.8. The SMILES string of the molecule is CNOC1C(OC)[C@H](n2ccc(=O)[nH]c2=O)O[C@@H]1[C@H](C)OP(=O)(O)O. The van der Waals surface area contributed by atoms with E-state index in [9.17, 15) is 14.2 Å². The van der Waals surface area contributed by atoms with Gasteiger partial charge in [0, 0.05) is 26.4 Å². The summed E-state index contributed by atoms with van der Waals surface area (Å²) >= 11 is 0. The highest BCUT2D eigenvalue weighted by Gasteiger charge is 2.50. The van der Waals surface area contributed by atoms with Gasteiger partial charge in [-0.1, -0.05) is 0 Å². The van der Waals surface area contributed by atoms with Crippen LogP contribution in [0.3, 0.4) is 0 Å². The number of hydrogen-bond acceptors (Lipinski definition) is 8. The number of H-pyrrole nitrogens is 1. The first-order valence-corrected chi connectivity index (χ1v) is 8.77. The van der Waals surface area contributed by atoms with E-state index in [1.54, 1.807) is 0 Å². The minimum Gasteiger partial charge on any atom is -0.374 e. The maximum atomic E-state index is 12.0. The van der Waals surface area contributed by atoms with E-state index in [1.165, 1.54) is 27.3 Å². The molecule has 1 fully saturated rings. The van der Waals surface area contributed by atoms with Crippen LogP contribution in [0, 0.1) is 0 Å². The molecular formula is C12H20N3O9P. The van der Waals surface area contributed by atoms with Crippen molar-refractivity contribution < 1.29 is 33.2 Å². The van der Waals surface area contributed by atoms with Crippen molar-refractivity contribution in [3.8, 4) is 0 Å². The smallest absolute Gasteiger partial charge is 0.374 e. The van der Waals surface area contributed by atoms with E-state index in [-0.39, 0.29) is 0 Å². The van der Waals surface area contributed by atoms with Gasteiger partial charge in [0.15, 0.2) is 6.23 Å². The van der Waals surface area contributed by atoms with Gasteiger partial charge < -0.3 is 19.3 Å². The van der Waals surface area contributed by atoms with Crippen molar-refractivity contribution in [1.29, 1.82) is 0 Å². The van der Waals surface area contributed by atoms with Gasteiger partial charge in [0.1, 0.15) is 18.3 Å². The fourth-order valence-electron chi connectivity index (χ4n) is 2.69. The van der Waals surface area contributed by atoms with Gasteiger partial charge in [0.05, 0.1) is 6.10 Å². The third-order valence-corrected chi connectivity index (χ3v) is 4.25. The summed E-state index contributed by atoms with van der Waals surface area (Å²) in [4.78, 5) is 48.7. The zero-order valence-corrected chi connectivity index (χ0v) is 14.6. The maximum Gasteiger partial charge on any atom is 0.469 e. The summed E-state index contributed by atoms with van der Waals surface area (Å²) in [6.45, 7) is 1.39. The molecule has 0 saturated carbocycles. The van der Waals surface area contributed by atoms with Crippen molar-refractivity contribution in [2.45, 2.75) is 37.6 Å². The summed E-state index contributed by atoms with van der Waals surface area (Å²) in [6.07, 6.45) is -3.54. The van der Waals surface area contributed by atoms with Crippen LogP contribution in [0.15, 0.2) is 21.9 Å². The summed E-state index contributed by atoms with van der Waals surface area (Å²) in [6, 6.07) is 1.13. The first-order valence-electron chi connectivity index (χ1n) is 7.24. The van der Waals surface area contributed by atoms with Crippen molar-refractivity contribution in [3.63, 3.8) is 0 Å². The first-order chi connectivity index (χ1) is 11.7. The van der Waals surface area contributed by atoms with Gasteiger partial charge in [-0.2, -0.15) is 0 Å². The predicted molar refractivity (Wildman–Crippen MR) is 82.6 cm³/mol. The van der Waals surface area contributed by atoms with Crippen LogP contribution in [0.1, 0.15) is 13.2 Å². The Balaban J connectivity index is 2.37. The second-order valence-corrected chi connectivity index (χ2v) is 6.49. The fraction of sp³-hybridized carbons (Fsp3) is 0.667. The Labute approximate surface area is 141 Å². The largest absolute Gasteiger partial charge is 0.469 e. The van der Waals surface area contributed by atoms with Crippen molar-refractivity contribution in [3.05, 3.63) is 33.1 Å². The van der Waals surface area contributed by atoms with Crippen molar-refractivity contribution >= 4 is 7.82 Å². The number of hydrogen-bond donors (Lipinski definition) is 4. The average Bonchev–Trinajstić information content (AvgIpc) is 2.84. The van der Waals surface area contributed by atoms with Crippen molar-refractivity contribution in [2.75, 3.05) is 14.2 Å². The number of nitrogens with one attached hydrogen (secondary N) is 2. The zero-order valence-electron chi connectivity index (χ0n) is 13.7. The molecule has 1 aromatic rings. The number of ether oxygens (including phenoxy) is 2. The normalized spacial score (nSPS) is 28.2. The molecule has 13 heteroatoms. The second kappa shape index (κ2) is 7.89. The van der Waals surface area contributed by atoms with Gasteiger partial charge in [-0.05, 0) is 6.92 Å². The molecule has 2 unspecified atom stereocenters. The molecule has 142 valence electrons. The van der Waals surface area contributed by atoms with Crippen LogP contribution >= 0.6 is 7.82 Å². The lowest BCUT2D eigenvalue weighted by Gasteiger charge is -2.25. The minimum atomic E-state index is -4.77. The molecule has 4 N–H and O–H groups in total. The molecule has 0 bridgehead atoms. The number of aromatic nitrogens is 2. The first kappa shape index (κ1) is 19.9. The number of rotatable bonds is 7. The number of aromatic amines is 1. The van der Waals surface area contributed by atoms with E-state index in [0.29, 0.717) is 0 Å². The topological polar surface area (TPSA) is 161 Å². The molecule has 2 heterocycles. The second-order valence-electron chi connectivity index (χ2n) is 5.30. The molecule has 1 aromatic heterocycles. The molecule has 0 aliphatic carbocycles. The number of phosphoric ester groups is 1. The van der Waals surface area contributed by atoms with Gasteiger partial charge in [-0.3, -0.25) is 23.7 Å². The third-order valence-electron chi connectivity index (χ3n) is 3.64. The Bertz CT molecular complexity index is 744. The van der Waals surface area contributed by atoms with Gasteiger partial charge >= 0.3 is 13.5 Å². The minimum absolute atomic E-state index is 0.578. The van der Waals surface area contributed by atoms with Crippen molar-refractivity contribution in [1.82, 2.24) is 15.0 Å². The summed E-state index contributed by atoms with van der Waals surface area (Å²) in [5.74, 6) is 0. The molecule has 0 aromatic carbocycles. The molecular weight excluding hydrogens is 361 g/mol. The fourth-order valence-corrected chi connectivity index (χ4v) is 3.24. The Morgan fingerprint density at radius 3 is 2.60 bits per heavy atom. The molecule has 2 rings (SSSR count). The highest BCUT2D eigenvalue weighted by atomic mass is 31.2. The third kappa shape index (κ3) is 4.63. The molecule has 25 heavy (non-hydrogen) atoms. The lowest BCUT2D eigenvalue weighted by Crippen LogP contribution is -2.44. The molecule has 1 saturated heterocycles. The van der Waals surface area contributed by atoms with Crippen LogP contribution in [-0.4, -0.2) is 57.9 Å². The van der Waals surface area contributed by atoms with Gasteiger partial charge in [-0.15, -0.1) is 0 Å². The standard InChI is InChI=1S/C12H20N3O9P/c1-6(24-25(18,19)20)8-9(23-13-2)10(21-3)11(22-8)15-5-4-7(16)14-12(15)17/h4-6,8-11,13H,1-3H3,(H,14,16,17)(H2,18,19,20)/t6-,8+,9?,10?,11+/m0/s1. The maximum absolute atomic E-state index is 12.0. The lowest BCUT2D eigenvalue weighted by molar-refractivity contribution is -0.111. The summed E-state index contributed by atoms with van der Waals surface area (Å²) in [7, 11) is -1.92. The van der Waals surface area contributed by atoms with Crippen LogP contribution in [0.4, 0.5) is 0 Å². The summed E-state index contributed by atoms with van der Waals surface area (Å²) in [5.41, 5.74) is 1.16. The van der Waals surface area contributed by atoms with Crippen LogP contribution in [0.2, 0.25) is 0 Å². The Hall–Kier alpha value is -1.37. The van der Waals surface area contributed by atoms with Gasteiger partial charge in [-0.25, -0.2) is 14.8 Å². The van der Waals surface area contributed by atoms with E-state index >= 15 is 0 Å². The van der Waals surface area contributed by atoms with Crippen LogP contribution in [-0.2, 0) is 23.4 Å². The predicted octanol–water partition coefficient (Wildman–Crippen LogP) is -1.53. The summed E-state index contributed by atoms with van der Waals surface area (Å²) < 4.78 is 27.9. The quantitative estimate of drug-likeness (QED) is 0.322. The molecule has 5 atom stereocenters. The van der Waals surface area contributed by atoms with E-state index in [0.717, 1.165) is 10.6 Å². The lowest BCUT2D eigenvalue weighted by atomic mass is 10.1. The van der Waals surface area contributed by atoms with E-state index < -0.39 is 49.7 Å². The highest BCUT2D eigenvalue weighted by Crippen LogP contribution is 2.42. The molecule has 1 aliphatic rings. The van der Waals surface area contributed by atoms with E-state index in [2.05, 4.69) is 15.0 Å². The Morgan fingerprint density at radius 1 is 1.40 bits per heavy atom. The van der Waals surface area contributed by atoms with Gasteiger partial charge in [0.25, 0.3) is 5.56 Å². The summed E-state index contributed by atoms with van der Waals surface area (Å²) in [5, 5.41) is 0. The van der Waals surface area contributed by atoms with E-state index in [4.69, 9.17) is 24.1 Å². The van der Waals surface area contributed by atoms with Gasteiger partial charge in [0.2, 0.25) is 0 Å². The van der Waals surface area contributed by atoms with Crippen molar-refractivity contribution in [2.24, 2.45) is 0 Å². The van der Waals surface area contributed by atoms with Crippen LogP contribution in [0.5, 0.6) is 0 Å².